The lowest BCUT2D eigenvalue weighted by molar-refractivity contribution is -0.0586. The van der Waals surface area contributed by atoms with Gasteiger partial charge in [0, 0.05) is 30.2 Å². The van der Waals surface area contributed by atoms with E-state index in [4.69, 9.17) is 16.3 Å². The van der Waals surface area contributed by atoms with Crippen molar-refractivity contribution in [2.24, 2.45) is 0 Å². The van der Waals surface area contributed by atoms with Crippen molar-refractivity contribution in [1.82, 2.24) is 10.2 Å². The molecule has 3 rings (SSSR count). The van der Waals surface area contributed by atoms with Gasteiger partial charge in [0.1, 0.15) is 5.82 Å². The van der Waals surface area contributed by atoms with Crippen molar-refractivity contribution in [3.05, 3.63) is 70.0 Å². The maximum absolute atomic E-state index is 13.7. The molecule has 0 spiro atoms. The summed E-state index contributed by atoms with van der Waals surface area (Å²) in [5, 5.41) is 2.95. The fraction of sp³-hybridized carbons (Fsp3) is 0.333. The molecular formula is C21H22ClFN2O3. The number of hydrogen-bond donors (Lipinski definition) is 1. The molecule has 1 fully saturated rings. The van der Waals surface area contributed by atoms with Crippen molar-refractivity contribution in [1.29, 1.82) is 0 Å². The van der Waals surface area contributed by atoms with E-state index in [1.807, 2.05) is 13.8 Å². The Morgan fingerprint density at radius 3 is 2.43 bits per heavy atom. The van der Waals surface area contributed by atoms with Crippen LogP contribution >= 0.6 is 11.6 Å². The Hall–Kier alpha value is -2.44. The summed E-state index contributed by atoms with van der Waals surface area (Å²) < 4.78 is 19.4. The summed E-state index contributed by atoms with van der Waals surface area (Å²) >= 11 is 5.82. The molecule has 28 heavy (non-hydrogen) atoms. The molecule has 0 bridgehead atoms. The number of hydrogen-bond acceptors (Lipinski definition) is 3. The van der Waals surface area contributed by atoms with Gasteiger partial charge < -0.3 is 15.0 Å². The van der Waals surface area contributed by atoms with Gasteiger partial charge in [-0.05, 0) is 49.7 Å². The average molecular weight is 405 g/mol. The highest BCUT2D eigenvalue weighted by atomic mass is 35.5. The molecule has 148 valence electrons. The first-order chi connectivity index (χ1) is 13.3. The second-order valence-electron chi connectivity index (χ2n) is 6.97. The second-order valence-corrected chi connectivity index (χ2v) is 7.41. The Balaban J connectivity index is 1.60. The van der Waals surface area contributed by atoms with Crippen LogP contribution in [0.1, 0.15) is 40.1 Å². The Morgan fingerprint density at radius 2 is 1.79 bits per heavy atom. The zero-order valence-corrected chi connectivity index (χ0v) is 16.5. The van der Waals surface area contributed by atoms with E-state index in [1.165, 1.54) is 12.1 Å². The van der Waals surface area contributed by atoms with Crippen LogP contribution in [-0.4, -0.2) is 42.0 Å². The Kier molecular flexibility index (Phi) is 6.31. The SMILES string of the molecule is CC1CN(C(=O)c2ccc(CNC(=O)c3cc(Cl)ccc3F)cc2)CC(C)O1. The maximum atomic E-state index is 13.7. The fourth-order valence-electron chi connectivity index (χ4n) is 3.24. The average Bonchev–Trinajstić information content (AvgIpc) is 2.67. The lowest BCUT2D eigenvalue weighted by Gasteiger charge is -2.35. The van der Waals surface area contributed by atoms with E-state index in [1.54, 1.807) is 29.2 Å². The summed E-state index contributed by atoms with van der Waals surface area (Å²) in [6.45, 7) is 5.23. The van der Waals surface area contributed by atoms with Crippen LogP contribution in [0.5, 0.6) is 0 Å². The van der Waals surface area contributed by atoms with Crippen molar-refractivity contribution in [3.8, 4) is 0 Å². The molecule has 2 amide bonds. The molecule has 1 aliphatic heterocycles. The molecule has 0 aromatic heterocycles. The van der Waals surface area contributed by atoms with Gasteiger partial charge in [-0.2, -0.15) is 0 Å². The molecule has 1 heterocycles. The number of carbonyl (C=O) groups is 2. The van der Waals surface area contributed by atoms with Crippen molar-refractivity contribution in [2.75, 3.05) is 13.1 Å². The minimum absolute atomic E-state index is 0.00840. The molecular weight excluding hydrogens is 383 g/mol. The number of ether oxygens (including phenoxy) is 1. The van der Waals surface area contributed by atoms with Gasteiger partial charge in [0.15, 0.2) is 0 Å². The van der Waals surface area contributed by atoms with E-state index in [0.29, 0.717) is 23.7 Å². The quantitative estimate of drug-likeness (QED) is 0.846. The van der Waals surface area contributed by atoms with Gasteiger partial charge in [0.05, 0.1) is 17.8 Å². The van der Waals surface area contributed by atoms with E-state index in [0.717, 1.165) is 11.6 Å². The predicted octanol–water partition coefficient (Wildman–Crippen LogP) is 3.66. The Bertz CT molecular complexity index is 862. The molecule has 5 nitrogen and oxygen atoms in total. The Labute approximate surface area is 168 Å². The molecule has 2 atom stereocenters. The van der Waals surface area contributed by atoms with E-state index in [9.17, 15) is 14.0 Å². The first-order valence-corrected chi connectivity index (χ1v) is 9.48. The third kappa shape index (κ3) is 4.88. The standard InChI is InChI=1S/C21H22ClFN2O3/c1-13-11-25(12-14(2)28-13)21(27)16-5-3-15(4-6-16)10-24-20(26)18-9-17(22)7-8-19(18)23/h3-9,13-14H,10-12H2,1-2H3,(H,24,26). The second kappa shape index (κ2) is 8.71. The third-order valence-corrected chi connectivity index (χ3v) is 4.77. The van der Waals surface area contributed by atoms with Crippen LogP contribution in [0.25, 0.3) is 0 Å². The lowest BCUT2D eigenvalue weighted by atomic mass is 10.1. The van der Waals surface area contributed by atoms with Crippen LogP contribution in [0.3, 0.4) is 0 Å². The minimum Gasteiger partial charge on any atom is -0.372 e. The third-order valence-electron chi connectivity index (χ3n) is 4.53. The normalized spacial score (nSPS) is 19.4. The number of benzene rings is 2. The highest BCUT2D eigenvalue weighted by molar-refractivity contribution is 6.31. The van der Waals surface area contributed by atoms with Crippen LogP contribution in [0, 0.1) is 5.82 Å². The van der Waals surface area contributed by atoms with Crippen molar-refractivity contribution >= 4 is 23.4 Å². The molecule has 1 aliphatic rings. The zero-order chi connectivity index (χ0) is 20.3. The van der Waals surface area contributed by atoms with Gasteiger partial charge in [-0.15, -0.1) is 0 Å². The Morgan fingerprint density at radius 1 is 1.14 bits per heavy atom. The highest BCUT2D eigenvalue weighted by Gasteiger charge is 2.26. The molecule has 0 aliphatic carbocycles. The summed E-state index contributed by atoms with van der Waals surface area (Å²) in [5.74, 6) is -1.22. The number of rotatable bonds is 4. The molecule has 2 unspecified atom stereocenters. The van der Waals surface area contributed by atoms with Crippen LogP contribution in [0.4, 0.5) is 4.39 Å². The summed E-state index contributed by atoms with van der Waals surface area (Å²) in [7, 11) is 0. The van der Waals surface area contributed by atoms with Gasteiger partial charge in [-0.1, -0.05) is 23.7 Å². The fourth-order valence-corrected chi connectivity index (χ4v) is 3.41. The molecule has 1 N–H and O–H groups in total. The number of amides is 2. The number of carbonyl (C=O) groups excluding carboxylic acids is 2. The first kappa shape index (κ1) is 20.3. The summed E-state index contributed by atoms with van der Waals surface area (Å²) in [6, 6.07) is 10.8. The number of morpholine rings is 1. The molecule has 0 saturated carbocycles. The zero-order valence-electron chi connectivity index (χ0n) is 15.7. The summed E-state index contributed by atoms with van der Waals surface area (Å²) in [5.41, 5.74) is 1.28. The topological polar surface area (TPSA) is 58.6 Å². The molecule has 1 saturated heterocycles. The smallest absolute Gasteiger partial charge is 0.254 e. The lowest BCUT2D eigenvalue weighted by Crippen LogP contribution is -2.48. The maximum Gasteiger partial charge on any atom is 0.254 e. The number of nitrogens with one attached hydrogen (secondary N) is 1. The van der Waals surface area contributed by atoms with E-state index in [2.05, 4.69) is 5.32 Å². The van der Waals surface area contributed by atoms with E-state index < -0.39 is 11.7 Å². The minimum atomic E-state index is -0.628. The van der Waals surface area contributed by atoms with Gasteiger partial charge in [0.2, 0.25) is 0 Å². The van der Waals surface area contributed by atoms with E-state index in [-0.39, 0.29) is 30.2 Å². The first-order valence-electron chi connectivity index (χ1n) is 9.10. The van der Waals surface area contributed by atoms with Gasteiger partial charge >= 0.3 is 0 Å². The highest BCUT2D eigenvalue weighted by Crippen LogP contribution is 2.16. The van der Waals surface area contributed by atoms with Crippen LogP contribution in [0.15, 0.2) is 42.5 Å². The number of halogens is 2. The monoisotopic (exact) mass is 404 g/mol. The molecule has 7 heteroatoms. The molecule has 2 aromatic carbocycles. The van der Waals surface area contributed by atoms with Crippen LogP contribution < -0.4 is 5.32 Å². The summed E-state index contributed by atoms with van der Waals surface area (Å²) in [6.07, 6.45) is 0.0168. The predicted molar refractivity (Wildman–Crippen MR) is 105 cm³/mol. The van der Waals surface area contributed by atoms with Crippen LogP contribution in [-0.2, 0) is 11.3 Å². The van der Waals surface area contributed by atoms with Crippen molar-refractivity contribution < 1.29 is 18.7 Å². The number of nitrogens with zero attached hydrogens (tertiary/aromatic N) is 1. The van der Waals surface area contributed by atoms with Crippen LogP contribution in [0.2, 0.25) is 5.02 Å². The van der Waals surface area contributed by atoms with Crippen molar-refractivity contribution in [3.63, 3.8) is 0 Å². The van der Waals surface area contributed by atoms with E-state index >= 15 is 0 Å². The van der Waals surface area contributed by atoms with Crippen molar-refractivity contribution in [2.45, 2.75) is 32.6 Å². The van der Waals surface area contributed by atoms with Gasteiger partial charge in [-0.25, -0.2) is 4.39 Å². The summed E-state index contributed by atoms with van der Waals surface area (Å²) in [4.78, 5) is 26.6. The molecule has 0 radical (unpaired) electrons. The molecule has 2 aromatic rings. The van der Waals surface area contributed by atoms with Gasteiger partial charge in [0.25, 0.3) is 11.8 Å². The largest absolute Gasteiger partial charge is 0.372 e. The van der Waals surface area contributed by atoms with Gasteiger partial charge in [-0.3, -0.25) is 9.59 Å².